The predicted octanol–water partition coefficient (Wildman–Crippen LogP) is 2.96. The molecule has 1 aromatic heterocycles. The number of hydrogen-bond acceptors (Lipinski definition) is 4. The number of pyridine rings is 1. The molecule has 1 fully saturated rings. The Bertz CT molecular complexity index is 652. The van der Waals surface area contributed by atoms with Gasteiger partial charge in [0.25, 0.3) is 5.91 Å². The molecular formula is C19H22N2O3. The van der Waals surface area contributed by atoms with E-state index in [1.54, 1.807) is 18.3 Å². The number of rotatable bonds is 7. The Balaban J connectivity index is 1.46. The average Bonchev–Trinajstić information content (AvgIpc) is 2.59. The molecule has 0 bridgehead atoms. The lowest BCUT2D eigenvalue weighted by Gasteiger charge is -2.35. The number of ether oxygens (including phenoxy) is 2. The minimum absolute atomic E-state index is 0.0498. The highest BCUT2D eigenvalue weighted by Crippen LogP contribution is 2.23. The molecule has 0 radical (unpaired) electrons. The van der Waals surface area contributed by atoms with Gasteiger partial charge in [-0.15, -0.1) is 0 Å². The molecule has 0 saturated heterocycles. The van der Waals surface area contributed by atoms with E-state index in [1.807, 2.05) is 37.3 Å². The van der Waals surface area contributed by atoms with Crippen molar-refractivity contribution < 1.29 is 14.3 Å². The molecule has 1 aliphatic carbocycles. The molecule has 5 heteroatoms. The second-order valence-corrected chi connectivity index (χ2v) is 5.85. The largest absolute Gasteiger partial charge is 0.487 e. The number of aromatic nitrogens is 1. The fourth-order valence-electron chi connectivity index (χ4n) is 2.67. The standard InChI is InChI=1S/C19H22N2O3/c1-2-23-18-11-16(12-18)21-19(22)14-6-8-17(9-7-14)24-13-15-5-3-4-10-20-15/h3-10,16,18H,2,11-13H2,1H3,(H,21,22). The Morgan fingerprint density at radius 2 is 2.00 bits per heavy atom. The number of hydrogen-bond donors (Lipinski definition) is 1. The summed E-state index contributed by atoms with van der Waals surface area (Å²) < 4.78 is 11.2. The highest BCUT2D eigenvalue weighted by atomic mass is 16.5. The summed E-state index contributed by atoms with van der Waals surface area (Å²) in [5, 5.41) is 3.03. The van der Waals surface area contributed by atoms with Crippen LogP contribution < -0.4 is 10.1 Å². The number of carbonyl (C=O) groups is 1. The van der Waals surface area contributed by atoms with Gasteiger partial charge in [-0.1, -0.05) is 6.07 Å². The van der Waals surface area contributed by atoms with Gasteiger partial charge in [0, 0.05) is 24.4 Å². The van der Waals surface area contributed by atoms with Crippen molar-refractivity contribution in [3.63, 3.8) is 0 Å². The first-order valence-corrected chi connectivity index (χ1v) is 8.30. The van der Waals surface area contributed by atoms with Crippen LogP contribution in [0, 0.1) is 0 Å². The molecule has 0 aliphatic heterocycles. The van der Waals surface area contributed by atoms with E-state index >= 15 is 0 Å². The number of nitrogens with one attached hydrogen (secondary N) is 1. The van der Waals surface area contributed by atoms with Gasteiger partial charge in [-0.3, -0.25) is 9.78 Å². The van der Waals surface area contributed by atoms with Crippen LogP contribution in [0.15, 0.2) is 48.7 Å². The molecule has 0 spiro atoms. The maximum absolute atomic E-state index is 12.2. The lowest BCUT2D eigenvalue weighted by molar-refractivity contribution is -0.00862. The van der Waals surface area contributed by atoms with Crippen LogP contribution in [0.25, 0.3) is 0 Å². The van der Waals surface area contributed by atoms with Crippen LogP contribution in [0.3, 0.4) is 0 Å². The third kappa shape index (κ3) is 4.32. The highest BCUT2D eigenvalue weighted by Gasteiger charge is 2.30. The van der Waals surface area contributed by atoms with Gasteiger partial charge < -0.3 is 14.8 Å². The number of benzene rings is 1. The van der Waals surface area contributed by atoms with Gasteiger partial charge in [0.1, 0.15) is 12.4 Å². The first kappa shape index (κ1) is 16.5. The lowest BCUT2D eigenvalue weighted by Crippen LogP contribution is -2.47. The van der Waals surface area contributed by atoms with E-state index in [4.69, 9.17) is 9.47 Å². The van der Waals surface area contributed by atoms with E-state index in [-0.39, 0.29) is 11.9 Å². The Hall–Kier alpha value is -2.40. The van der Waals surface area contributed by atoms with E-state index in [2.05, 4.69) is 10.3 Å². The van der Waals surface area contributed by atoms with E-state index < -0.39 is 0 Å². The van der Waals surface area contributed by atoms with Gasteiger partial charge in [0.15, 0.2) is 0 Å². The highest BCUT2D eigenvalue weighted by molar-refractivity contribution is 5.94. The number of amides is 1. The predicted molar refractivity (Wildman–Crippen MR) is 90.9 cm³/mol. The van der Waals surface area contributed by atoms with Crippen molar-refractivity contribution in [2.45, 2.75) is 38.5 Å². The summed E-state index contributed by atoms with van der Waals surface area (Å²) in [6.07, 6.45) is 3.82. The normalized spacial score (nSPS) is 19.4. The molecule has 1 heterocycles. The molecule has 2 aromatic rings. The van der Waals surface area contributed by atoms with Gasteiger partial charge in [-0.25, -0.2) is 0 Å². The second kappa shape index (κ2) is 7.93. The van der Waals surface area contributed by atoms with Crippen LogP contribution in [0.5, 0.6) is 5.75 Å². The van der Waals surface area contributed by atoms with E-state index in [0.717, 1.165) is 30.9 Å². The maximum Gasteiger partial charge on any atom is 0.251 e. The van der Waals surface area contributed by atoms with Gasteiger partial charge in [0.05, 0.1) is 11.8 Å². The van der Waals surface area contributed by atoms with E-state index in [0.29, 0.717) is 18.3 Å². The zero-order valence-electron chi connectivity index (χ0n) is 13.8. The molecule has 1 saturated carbocycles. The van der Waals surface area contributed by atoms with Crippen LogP contribution in [0.4, 0.5) is 0 Å². The van der Waals surface area contributed by atoms with Crippen molar-refractivity contribution in [3.05, 3.63) is 59.9 Å². The van der Waals surface area contributed by atoms with Crippen molar-refractivity contribution >= 4 is 5.91 Å². The van der Waals surface area contributed by atoms with Crippen LogP contribution in [0.2, 0.25) is 0 Å². The molecule has 24 heavy (non-hydrogen) atoms. The van der Waals surface area contributed by atoms with Crippen LogP contribution in [-0.2, 0) is 11.3 Å². The van der Waals surface area contributed by atoms with Gasteiger partial charge in [-0.2, -0.15) is 0 Å². The zero-order valence-corrected chi connectivity index (χ0v) is 13.8. The van der Waals surface area contributed by atoms with Gasteiger partial charge >= 0.3 is 0 Å². The summed E-state index contributed by atoms with van der Waals surface area (Å²) in [7, 11) is 0. The molecule has 5 nitrogen and oxygen atoms in total. The van der Waals surface area contributed by atoms with Crippen LogP contribution in [-0.4, -0.2) is 29.6 Å². The van der Waals surface area contributed by atoms with Crippen LogP contribution >= 0.6 is 0 Å². The fraction of sp³-hybridized carbons (Fsp3) is 0.368. The lowest BCUT2D eigenvalue weighted by atomic mass is 9.89. The third-order valence-corrected chi connectivity index (χ3v) is 4.06. The van der Waals surface area contributed by atoms with Crippen molar-refractivity contribution in [1.29, 1.82) is 0 Å². The molecule has 0 unspecified atom stereocenters. The minimum Gasteiger partial charge on any atom is -0.487 e. The summed E-state index contributed by atoms with van der Waals surface area (Å²) in [6.45, 7) is 3.13. The number of carbonyl (C=O) groups excluding carboxylic acids is 1. The molecule has 0 atom stereocenters. The zero-order chi connectivity index (χ0) is 16.8. The van der Waals surface area contributed by atoms with E-state index in [9.17, 15) is 4.79 Å². The summed E-state index contributed by atoms with van der Waals surface area (Å²) in [4.78, 5) is 16.4. The quantitative estimate of drug-likeness (QED) is 0.850. The van der Waals surface area contributed by atoms with Crippen molar-refractivity contribution in [3.8, 4) is 5.75 Å². The summed E-state index contributed by atoms with van der Waals surface area (Å²) in [5.74, 6) is 0.670. The Morgan fingerprint density at radius 3 is 2.67 bits per heavy atom. The summed E-state index contributed by atoms with van der Waals surface area (Å²) >= 11 is 0. The maximum atomic E-state index is 12.2. The molecule has 1 aromatic carbocycles. The topological polar surface area (TPSA) is 60.5 Å². The minimum atomic E-state index is -0.0498. The smallest absolute Gasteiger partial charge is 0.251 e. The van der Waals surface area contributed by atoms with Crippen molar-refractivity contribution in [2.75, 3.05) is 6.61 Å². The monoisotopic (exact) mass is 326 g/mol. The fourth-order valence-corrected chi connectivity index (χ4v) is 2.67. The molecule has 3 rings (SSSR count). The summed E-state index contributed by atoms with van der Waals surface area (Å²) in [6, 6.07) is 13.1. The number of nitrogens with zero attached hydrogens (tertiary/aromatic N) is 1. The first-order chi connectivity index (χ1) is 11.7. The Labute approximate surface area is 142 Å². The second-order valence-electron chi connectivity index (χ2n) is 5.85. The molecule has 1 amide bonds. The first-order valence-electron chi connectivity index (χ1n) is 8.30. The van der Waals surface area contributed by atoms with Crippen molar-refractivity contribution in [1.82, 2.24) is 10.3 Å². The van der Waals surface area contributed by atoms with Gasteiger partial charge in [0.2, 0.25) is 0 Å². The molecule has 1 aliphatic rings. The van der Waals surface area contributed by atoms with Crippen LogP contribution in [0.1, 0.15) is 35.8 Å². The SMILES string of the molecule is CCOC1CC(NC(=O)c2ccc(OCc3ccccn3)cc2)C1. The van der Waals surface area contributed by atoms with Gasteiger partial charge in [-0.05, 0) is 56.2 Å². The van der Waals surface area contributed by atoms with Crippen molar-refractivity contribution in [2.24, 2.45) is 0 Å². The molecule has 1 N–H and O–H groups in total. The molecule has 126 valence electrons. The Morgan fingerprint density at radius 1 is 1.21 bits per heavy atom. The Kier molecular flexibility index (Phi) is 5.43. The summed E-state index contributed by atoms with van der Waals surface area (Å²) in [5.41, 5.74) is 1.51. The van der Waals surface area contributed by atoms with E-state index in [1.165, 1.54) is 0 Å². The third-order valence-electron chi connectivity index (χ3n) is 4.06. The average molecular weight is 326 g/mol. The molecular weight excluding hydrogens is 304 g/mol.